The number of sulfonamides is 1. The summed E-state index contributed by atoms with van der Waals surface area (Å²) in [6, 6.07) is 11.3. The van der Waals surface area contributed by atoms with Gasteiger partial charge >= 0.3 is 0 Å². The third-order valence-corrected chi connectivity index (χ3v) is 7.32. The smallest absolute Gasteiger partial charge is 0.261 e. The molecule has 0 bridgehead atoms. The molecule has 1 aliphatic heterocycles. The van der Waals surface area contributed by atoms with Gasteiger partial charge in [-0.25, -0.2) is 12.8 Å². The number of carbonyl (C=O) groups is 1. The second-order valence-electron chi connectivity index (χ2n) is 9.22. The molecule has 1 aliphatic rings. The molecule has 2 N–H and O–H groups in total. The van der Waals surface area contributed by atoms with Gasteiger partial charge < -0.3 is 5.32 Å². The number of nitrogens with one attached hydrogen (secondary N) is 2. The van der Waals surface area contributed by atoms with E-state index in [1.165, 1.54) is 25.0 Å². The maximum Gasteiger partial charge on any atom is 0.261 e. The first kappa shape index (κ1) is 24.2. The number of rotatable bonds is 8. The highest BCUT2D eigenvalue weighted by Crippen LogP contribution is 2.23. The van der Waals surface area contributed by atoms with E-state index in [4.69, 9.17) is 0 Å². The van der Waals surface area contributed by atoms with E-state index in [0.717, 1.165) is 30.8 Å². The number of carbonyl (C=O) groups excluding carboxylic acids is 1. The molecule has 1 heterocycles. The predicted molar refractivity (Wildman–Crippen MR) is 124 cm³/mol. The number of likely N-dealkylation sites (tertiary alicyclic amines) is 1. The first-order chi connectivity index (χ1) is 15.0. The molecule has 1 fully saturated rings. The molecule has 2 aromatic carbocycles. The molecular formula is C24H32FN3O3S. The molecule has 0 aromatic heterocycles. The average Bonchev–Trinajstić information content (AvgIpc) is 2.74. The van der Waals surface area contributed by atoms with Gasteiger partial charge in [-0.2, -0.15) is 0 Å². The maximum absolute atomic E-state index is 13.0. The Morgan fingerprint density at radius 3 is 2.41 bits per heavy atom. The van der Waals surface area contributed by atoms with Crippen molar-refractivity contribution in [2.75, 3.05) is 24.4 Å². The SMILES string of the molecule is CC1CCCN(C(C)(C)CNC(=O)Cc2ccc(NS(=O)(=O)c3ccc(F)cc3)cc2)C1. The summed E-state index contributed by atoms with van der Waals surface area (Å²) in [6.45, 7) is 9.28. The Morgan fingerprint density at radius 1 is 1.12 bits per heavy atom. The fraction of sp³-hybridized carbons (Fsp3) is 0.458. The van der Waals surface area contributed by atoms with E-state index in [0.29, 0.717) is 18.2 Å². The zero-order chi connectivity index (χ0) is 23.4. The van der Waals surface area contributed by atoms with Crippen molar-refractivity contribution in [1.82, 2.24) is 10.2 Å². The van der Waals surface area contributed by atoms with Crippen LogP contribution in [0.25, 0.3) is 0 Å². The fourth-order valence-electron chi connectivity index (χ4n) is 3.93. The second kappa shape index (κ2) is 10.0. The average molecular weight is 462 g/mol. The van der Waals surface area contributed by atoms with Gasteiger partial charge in [0.1, 0.15) is 5.82 Å². The lowest BCUT2D eigenvalue weighted by molar-refractivity contribution is -0.121. The third kappa shape index (κ3) is 6.53. The minimum absolute atomic E-state index is 0.0203. The molecule has 0 spiro atoms. The normalized spacial score (nSPS) is 17.7. The van der Waals surface area contributed by atoms with Crippen molar-refractivity contribution in [2.45, 2.75) is 50.5 Å². The molecule has 174 valence electrons. The predicted octanol–water partition coefficient (Wildman–Crippen LogP) is 3.80. The number of benzene rings is 2. The molecule has 2 aromatic rings. The largest absolute Gasteiger partial charge is 0.354 e. The first-order valence-electron chi connectivity index (χ1n) is 10.9. The topological polar surface area (TPSA) is 78.5 Å². The molecule has 0 saturated carbocycles. The molecule has 1 saturated heterocycles. The van der Waals surface area contributed by atoms with Crippen molar-refractivity contribution in [1.29, 1.82) is 0 Å². The van der Waals surface area contributed by atoms with Crippen molar-refractivity contribution in [3.8, 4) is 0 Å². The van der Waals surface area contributed by atoms with Gasteiger partial charge in [0.2, 0.25) is 5.91 Å². The number of anilines is 1. The summed E-state index contributed by atoms with van der Waals surface area (Å²) in [5.74, 6) is 0.112. The monoisotopic (exact) mass is 461 g/mol. The van der Waals surface area contributed by atoms with Crippen LogP contribution in [0, 0.1) is 11.7 Å². The highest BCUT2D eigenvalue weighted by Gasteiger charge is 2.30. The zero-order valence-corrected chi connectivity index (χ0v) is 19.7. The van der Waals surface area contributed by atoms with E-state index in [1.807, 2.05) is 0 Å². The van der Waals surface area contributed by atoms with Gasteiger partial charge in [-0.05, 0) is 81.1 Å². The number of piperidine rings is 1. The molecule has 1 amide bonds. The van der Waals surface area contributed by atoms with E-state index >= 15 is 0 Å². The van der Waals surface area contributed by atoms with Gasteiger partial charge in [-0.15, -0.1) is 0 Å². The molecule has 1 atom stereocenters. The maximum atomic E-state index is 13.0. The van der Waals surface area contributed by atoms with E-state index in [1.54, 1.807) is 24.3 Å². The van der Waals surface area contributed by atoms with Crippen LogP contribution in [0.4, 0.5) is 10.1 Å². The fourth-order valence-corrected chi connectivity index (χ4v) is 4.99. The van der Waals surface area contributed by atoms with Crippen LogP contribution in [0.5, 0.6) is 0 Å². The van der Waals surface area contributed by atoms with Crippen LogP contribution in [0.15, 0.2) is 53.4 Å². The van der Waals surface area contributed by atoms with Crippen molar-refractivity contribution in [3.05, 3.63) is 59.9 Å². The number of amides is 1. The Balaban J connectivity index is 1.52. The van der Waals surface area contributed by atoms with Crippen LogP contribution < -0.4 is 10.0 Å². The summed E-state index contributed by atoms with van der Waals surface area (Å²) in [5.41, 5.74) is 1.06. The van der Waals surface area contributed by atoms with Gasteiger partial charge in [-0.3, -0.25) is 14.4 Å². The summed E-state index contributed by atoms with van der Waals surface area (Å²) in [5, 5.41) is 3.04. The zero-order valence-electron chi connectivity index (χ0n) is 18.9. The van der Waals surface area contributed by atoms with Gasteiger partial charge in [0, 0.05) is 24.3 Å². The van der Waals surface area contributed by atoms with Crippen molar-refractivity contribution >= 4 is 21.6 Å². The van der Waals surface area contributed by atoms with Crippen LogP contribution >= 0.6 is 0 Å². The molecule has 32 heavy (non-hydrogen) atoms. The molecule has 1 unspecified atom stereocenters. The van der Waals surface area contributed by atoms with E-state index in [2.05, 4.69) is 35.7 Å². The molecule has 6 nitrogen and oxygen atoms in total. The summed E-state index contributed by atoms with van der Waals surface area (Å²) in [6.07, 6.45) is 2.67. The molecule has 3 rings (SSSR count). The standard InChI is InChI=1S/C24H32FN3O3S/c1-18-5-4-14-28(16-18)24(2,3)17-26-23(29)15-19-6-10-21(11-7-19)27-32(30,31)22-12-8-20(25)9-13-22/h6-13,18,27H,4-5,14-17H2,1-3H3,(H,26,29). The van der Waals surface area contributed by atoms with Gasteiger partial charge in [-0.1, -0.05) is 19.1 Å². The van der Waals surface area contributed by atoms with Crippen LogP contribution in [-0.4, -0.2) is 44.4 Å². The van der Waals surface area contributed by atoms with Crippen LogP contribution in [0.1, 0.15) is 39.2 Å². The highest BCUT2D eigenvalue weighted by molar-refractivity contribution is 7.92. The molecule has 0 aliphatic carbocycles. The van der Waals surface area contributed by atoms with E-state index < -0.39 is 15.8 Å². The van der Waals surface area contributed by atoms with Gasteiger partial charge in [0.05, 0.1) is 11.3 Å². The quantitative estimate of drug-likeness (QED) is 0.627. The van der Waals surface area contributed by atoms with Crippen LogP contribution in [0.3, 0.4) is 0 Å². The van der Waals surface area contributed by atoms with Gasteiger partial charge in [0.15, 0.2) is 0 Å². The van der Waals surface area contributed by atoms with Crippen molar-refractivity contribution < 1.29 is 17.6 Å². The number of nitrogens with zero attached hydrogens (tertiary/aromatic N) is 1. The Labute approximate surface area is 190 Å². The summed E-state index contributed by atoms with van der Waals surface area (Å²) in [7, 11) is -3.81. The highest BCUT2D eigenvalue weighted by atomic mass is 32.2. The lowest BCUT2D eigenvalue weighted by atomic mass is 9.93. The number of halogens is 1. The summed E-state index contributed by atoms with van der Waals surface area (Å²) < 4.78 is 40.3. The van der Waals surface area contributed by atoms with Crippen molar-refractivity contribution in [3.63, 3.8) is 0 Å². The van der Waals surface area contributed by atoms with E-state index in [9.17, 15) is 17.6 Å². The van der Waals surface area contributed by atoms with Crippen LogP contribution in [-0.2, 0) is 21.2 Å². The Hall–Kier alpha value is -2.45. The first-order valence-corrected chi connectivity index (χ1v) is 12.4. The number of hydrogen-bond acceptors (Lipinski definition) is 4. The third-order valence-electron chi connectivity index (χ3n) is 5.93. The number of hydrogen-bond donors (Lipinski definition) is 2. The summed E-state index contributed by atoms with van der Waals surface area (Å²) >= 11 is 0. The minimum Gasteiger partial charge on any atom is -0.354 e. The molecule has 8 heteroatoms. The van der Waals surface area contributed by atoms with Crippen molar-refractivity contribution in [2.24, 2.45) is 5.92 Å². The van der Waals surface area contributed by atoms with Gasteiger partial charge in [0.25, 0.3) is 10.0 Å². The summed E-state index contributed by atoms with van der Waals surface area (Å²) in [4.78, 5) is 14.9. The Morgan fingerprint density at radius 2 is 1.78 bits per heavy atom. The van der Waals surface area contributed by atoms with E-state index in [-0.39, 0.29) is 22.8 Å². The Kier molecular flexibility index (Phi) is 7.56. The minimum atomic E-state index is -3.81. The molecular weight excluding hydrogens is 429 g/mol. The van der Waals surface area contributed by atoms with Crippen LogP contribution in [0.2, 0.25) is 0 Å². The Bertz CT molecular complexity index is 1020. The lowest BCUT2D eigenvalue weighted by Crippen LogP contribution is -2.54. The second-order valence-corrected chi connectivity index (χ2v) is 10.9. The molecule has 0 radical (unpaired) electrons. The lowest BCUT2D eigenvalue weighted by Gasteiger charge is -2.43.